The molecule has 3 aromatic rings. The number of nitrogens with one attached hydrogen (secondary N) is 1. The first-order chi connectivity index (χ1) is 13.9. The number of rotatable bonds is 7. The molecule has 0 aliphatic heterocycles. The van der Waals surface area contributed by atoms with Crippen molar-refractivity contribution in [3.8, 4) is 11.1 Å². The lowest BCUT2D eigenvalue weighted by atomic mass is 10.0. The smallest absolute Gasteiger partial charge is 0.251 e. The molecule has 162 valence electrons. The third-order valence-electron chi connectivity index (χ3n) is 4.30. The predicted octanol–water partition coefficient (Wildman–Crippen LogP) is 5.70. The van der Waals surface area contributed by atoms with Crippen molar-refractivity contribution in [1.82, 2.24) is 14.3 Å². The van der Waals surface area contributed by atoms with E-state index in [-0.39, 0.29) is 0 Å². The largest absolute Gasteiger partial charge is 0.321 e. The van der Waals surface area contributed by atoms with Crippen LogP contribution in [-0.4, -0.2) is 23.5 Å². The minimum atomic E-state index is -3.64. The van der Waals surface area contributed by atoms with Gasteiger partial charge in [0, 0.05) is 34.9 Å². The maximum Gasteiger partial charge on any atom is 0.251 e. The topological polar surface area (TPSA) is 64.0 Å². The summed E-state index contributed by atoms with van der Waals surface area (Å²) < 4.78 is 32.4. The van der Waals surface area contributed by atoms with E-state index in [2.05, 4.69) is 45.5 Å². The number of nitrogens with zero attached hydrogens (tertiary/aromatic N) is 2. The summed E-state index contributed by atoms with van der Waals surface area (Å²) in [5, 5.41) is 0. The van der Waals surface area contributed by atoms with Crippen LogP contribution in [0.15, 0.2) is 51.7 Å². The summed E-state index contributed by atoms with van der Waals surface area (Å²) >= 11 is 4.82. The minimum Gasteiger partial charge on any atom is -0.321 e. The average molecular weight is 511 g/mol. The predicted molar refractivity (Wildman–Crippen MR) is 127 cm³/mol. The third-order valence-corrected chi connectivity index (χ3v) is 8.41. The van der Waals surface area contributed by atoms with Gasteiger partial charge in [-0.25, -0.2) is 18.1 Å². The molecule has 2 aromatic heterocycles. The zero-order valence-electron chi connectivity index (χ0n) is 17.9. The van der Waals surface area contributed by atoms with E-state index in [0.717, 1.165) is 32.7 Å². The molecule has 0 atom stereocenters. The van der Waals surface area contributed by atoms with E-state index >= 15 is 0 Å². The van der Waals surface area contributed by atoms with Crippen molar-refractivity contribution >= 4 is 37.3 Å². The molecule has 3 rings (SSSR count). The van der Waals surface area contributed by atoms with Gasteiger partial charge in [0.2, 0.25) is 0 Å². The van der Waals surface area contributed by atoms with E-state index in [1.54, 1.807) is 6.20 Å². The summed E-state index contributed by atoms with van der Waals surface area (Å²) in [7, 11) is -3.64. The van der Waals surface area contributed by atoms with Crippen LogP contribution >= 0.6 is 27.3 Å². The Morgan fingerprint density at radius 2 is 1.97 bits per heavy atom. The molecule has 1 N–H and O–H groups in total. The van der Waals surface area contributed by atoms with Crippen molar-refractivity contribution in [3.05, 3.63) is 57.9 Å². The first-order valence-electron chi connectivity index (χ1n) is 9.87. The Labute approximate surface area is 191 Å². The highest BCUT2D eigenvalue weighted by molar-refractivity contribution is 9.10. The van der Waals surface area contributed by atoms with E-state index in [1.807, 2.05) is 55.8 Å². The molecule has 0 unspecified atom stereocenters. The van der Waals surface area contributed by atoms with Gasteiger partial charge in [-0.1, -0.05) is 32.0 Å². The fraction of sp³-hybridized carbons (Fsp3) is 0.409. The van der Waals surface area contributed by atoms with Crippen molar-refractivity contribution in [3.63, 3.8) is 0 Å². The normalized spacial score (nSPS) is 12.6. The Morgan fingerprint density at radius 1 is 1.23 bits per heavy atom. The number of thiophene rings is 1. The van der Waals surface area contributed by atoms with Crippen LogP contribution in [0.4, 0.5) is 0 Å². The van der Waals surface area contributed by atoms with Crippen LogP contribution in [0.25, 0.3) is 11.1 Å². The highest BCUT2D eigenvalue weighted by Crippen LogP contribution is 2.37. The molecule has 8 heteroatoms. The van der Waals surface area contributed by atoms with Gasteiger partial charge < -0.3 is 4.57 Å². The molecule has 30 heavy (non-hydrogen) atoms. The summed E-state index contributed by atoms with van der Waals surface area (Å²) in [5.41, 5.74) is 2.20. The molecule has 0 radical (unpaired) electrons. The molecule has 0 aliphatic carbocycles. The molecule has 5 nitrogen and oxygen atoms in total. The first-order valence-corrected chi connectivity index (χ1v) is 13.0. The Balaban J connectivity index is 2.05. The monoisotopic (exact) mass is 509 g/mol. The Morgan fingerprint density at radius 3 is 2.57 bits per heavy atom. The number of benzene rings is 1. The fourth-order valence-corrected chi connectivity index (χ4v) is 6.97. The second kappa shape index (κ2) is 8.94. The van der Waals surface area contributed by atoms with E-state index in [1.165, 1.54) is 11.3 Å². The molecule has 2 heterocycles. The number of hydrogen-bond donors (Lipinski definition) is 1. The van der Waals surface area contributed by atoms with Gasteiger partial charge in [-0.15, -0.1) is 11.3 Å². The van der Waals surface area contributed by atoms with Crippen LogP contribution in [0.5, 0.6) is 0 Å². The third kappa shape index (κ3) is 5.81. The second-order valence-corrected chi connectivity index (χ2v) is 12.6. The van der Waals surface area contributed by atoms with E-state index in [4.69, 9.17) is 0 Å². The first kappa shape index (κ1) is 23.2. The van der Waals surface area contributed by atoms with Gasteiger partial charge in [-0.05, 0) is 72.3 Å². The summed E-state index contributed by atoms with van der Waals surface area (Å²) in [5.74, 6) is 0.451. The average Bonchev–Trinajstić information content (AvgIpc) is 3.20. The van der Waals surface area contributed by atoms with E-state index in [0.29, 0.717) is 16.7 Å². The molecule has 0 spiro atoms. The standard InChI is InChI=1S/C22H28BrN3O2S2/c1-15(2)11-18-13-19(20(29-18)30(27,28)25-22(3,4)5)17-8-6-7-16(12-17)14-26-10-9-24-21(26)23/h6-10,12-13,15,25H,11,14H2,1-5H3. The van der Waals surface area contributed by atoms with Gasteiger partial charge in [0.05, 0.1) is 0 Å². The van der Waals surface area contributed by atoms with Gasteiger partial charge in [0.1, 0.15) is 4.21 Å². The zero-order chi connectivity index (χ0) is 22.1. The van der Waals surface area contributed by atoms with Crippen molar-refractivity contribution in [2.75, 3.05) is 0 Å². The lowest BCUT2D eigenvalue weighted by Crippen LogP contribution is -2.40. The van der Waals surface area contributed by atoms with Gasteiger partial charge in [-0.2, -0.15) is 0 Å². The Kier molecular flexibility index (Phi) is 6.91. The molecular formula is C22H28BrN3O2S2. The van der Waals surface area contributed by atoms with E-state index < -0.39 is 15.6 Å². The number of aromatic nitrogens is 2. The maximum absolute atomic E-state index is 13.2. The lowest BCUT2D eigenvalue weighted by Gasteiger charge is -2.20. The van der Waals surface area contributed by atoms with Crippen LogP contribution in [0.2, 0.25) is 0 Å². The fourth-order valence-electron chi connectivity index (χ4n) is 3.24. The quantitative estimate of drug-likeness (QED) is 0.444. The highest BCUT2D eigenvalue weighted by Gasteiger charge is 2.28. The molecule has 0 saturated heterocycles. The SMILES string of the molecule is CC(C)Cc1cc(-c2cccc(Cn3ccnc3Br)c2)c(S(=O)(=O)NC(C)(C)C)s1. The Bertz CT molecular complexity index is 1130. The maximum atomic E-state index is 13.2. The van der Waals surface area contributed by atoms with Gasteiger partial charge in [-0.3, -0.25) is 0 Å². The second-order valence-electron chi connectivity index (χ2n) is 8.89. The highest BCUT2D eigenvalue weighted by atomic mass is 79.9. The van der Waals surface area contributed by atoms with Gasteiger partial charge in [0.15, 0.2) is 4.73 Å². The molecule has 0 amide bonds. The summed E-state index contributed by atoms with van der Waals surface area (Å²) in [4.78, 5) is 5.28. The lowest BCUT2D eigenvalue weighted by molar-refractivity contribution is 0.493. The molecule has 0 bridgehead atoms. The Hall–Kier alpha value is -1.48. The summed E-state index contributed by atoms with van der Waals surface area (Å²) in [6.45, 7) is 10.5. The van der Waals surface area contributed by atoms with Crippen molar-refractivity contribution in [2.45, 2.75) is 57.3 Å². The molecule has 1 aromatic carbocycles. The van der Waals surface area contributed by atoms with Crippen LogP contribution in [-0.2, 0) is 23.0 Å². The number of sulfonamides is 1. The van der Waals surface area contributed by atoms with E-state index in [9.17, 15) is 8.42 Å². The van der Waals surface area contributed by atoms with Crippen LogP contribution in [0, 0.1) is 5.92 Å². The number of hydrogen-bond acceptors (Lipinski definition) is 4. The summed E-state index contributed by atoms with van der Waals surface area (Å²) in [6.07, 6.45) is 4.50. The van der Waals surface area contributed by atoms with Gasteiger partial charge in [0.25, 0.3) is 10.0 Å². The zero-order valence-corrected chi connectivity index (χ0v) is 21.2. The van der Waals surface area contributed by atoms with Gasteiger partial charge >= 0.3 is 0 Å². The molecular weight excluding hydrogens is 482 g/mol. The summed E-state index contributed by atoms with van der Waals surface area (Å²) in [6, 6.07) is 10.1. The van der Waals surface area contributed by atoms with Crippen molar-refractivity contribution in [2.24, 2.45) is 5.92 Å². The molecule has 0 saturated carbocycles. The number of imidazole rings is 1. The molecule has 0 fully saturated rings. The molecule has 0 aliphatic rings. The van der Waals surface area contributed by atoms with Crippen LogP contribution < -0.4 is 4.72 Å². The van der Waals surface area contributed by atoms with Crippen LogP contribution in [0.1, 0.15) is 45.1 Å². The van der Waals surface area contributed by atoms with Crippen LogP contribution in [0.3, 0.4) is 0 Å². The van der Waals surface area contributed by atoms with Crippen molar-refractivity contribution in [1.29, 1.82) is 0 Å². The van der Waals surface area contributed by atoms with Crippen molar-refractivity contribution < 1.29 is 8.42 Å². The minimum absolute atomic E-state index is 0.383. The number of halogens is 1.